The van der Waals surface area contributed by atoms with Crippen molar-refractivity contribution in [2.24, 2.45) is 16.4 Å². The molecular weight excluding hydrogens is 566 g/mol. The minimum Gasteiger partial charge on any atom is -0.477 e. The molecule has 2 aromatic rings. The molecular formula is C28H39ClN7O4S+. The Labute approximate surface area is 246 Å². The number of nitrogens with zero attached hydrogens (tertiary/aromatic N) is 5. The van der Waals surface area contributed by atoms with E-state index in [2.05, 4.69) is 46.0 Å². The lowest BCUT2D eigenvalue weighted by atomic mass is 9.94. The highest BCUT2D eigenvalue weighted by Crippen LogP contribution is 2.47. The van der Waals surface area contributed by atoms with Crippen molar-refractivity contribution in [2.75, 3.05) is 19.7 Å². The normalized spacial score (nSPS) is 22.8. The maximum atomic E-state index is 13.1. The SMILES string of the molecule is CC1=N[N+](CCCC2CNC(C)(C)C2)=CC1S(=O)(=O)NC(=O)c1ccc(-n2ccc(OCCC3(C)CC3)n2)nc1Cl. The number of hydrogen-bond acceptors (Lipinski definition) is 8. The topological polar surface area (TPSA) is 131 Å². The highest BCUT2D eigenvalue weighted by Gasteiger charge is 2.39. The molecule has 222 valence electrons. The summed E-state index contributed by atoms with van der Waals surface area (Å²) in [6, 6.07) is 4.71. The van der Waals surface area contributed by atoms with Crippen LogP contribution in [-0.4, -0.2) is 76.2 Å². The first-order chi connectivity index (χ1) is 19.3. The van der Waals surface area contributed by atoms with Crippen molar-refractivity contribution >= 4 is 39.5 Å². The lowest BCUT2D eigenvalue weighted by Crippen LogP contribution is -2.42. The summed E-state index contributed by atoms with van der Waals surface area (Å²) in [7, 11) is -4.09. The van der Waals surface area contributed by atoms with E-state index in [1.54, 1.807) is 36.2 Å². The molecule has 2 aliphatic heterocycles. The Balaban J connectivity index is 1.16. The van der Waals surface area contributed by atoms with Crippen LogP contribution in [0.3, 0.4) is 0 Å². The summed E-state index contributed by atoms with van der Waals surface area (Å²) in [4.78, 5) is 17.2. The van der Waals surface area contributed by atoms with Crippen molar-refractivity contribution in [3.05, 3.63) is 35.1 Å². The number of nitrogens with one attached hydrogen (secondary N) is 2. The number of ether oxygens (including phenoxy) is 1. The van der Waals surface area contributed by atoms with Gasteiger partial charge in [0.1, 0.15) is 10.9 Å². The molecule has 2 atom stereocenters. The minimum absolute atomic E-state index is 0.0576. The van der Waals surface area contributed by atoms with Crippen LogP contribution in [0.1, 0.15) is 76.6 Å². The van der Waals surface area contributed by atoms with E-state index in [-0.39, 0.29) is 16.3 Å². The Hall–Kier alpha value is -2.83. The van der Waals surface area contributed by atoms with Crippen molar-refractivity contribution in [3.63, 3.8) is 0 Å². The monoisotopic (exact) mass is 604 g/mol. The molecule has 2 unspecified atom stereocenters. The van der Waals surface area contributed by atoms with Crippen LogP contribution in [0.25, 0.3) is 5.82 Å². The van der Waals surface area contributed by atoms with Crippen molar-refractivity contribution in [1.82, 2.24) is 24.8 Å². The van der Waals surface area contributed by atoms with Gasteiger partial charge in [0.2, 0.25) is 11.1 Å². The summed E-state index contributed by atoms with van der Waals surface area (Å²) < 4.78 is 37.3. The van der Waals surface area contributed by atoms with E-state index in [0.717, 1.165) is 32.2 Å². The Morgan fingerprint density at radius 2 is 2.05 bits per heavy atom. The largest absolute Gasteiger partial charge is 0.477 e. The van der Waals surface area contributed by atoms with Gasteiger partial charge in [0.05, 0.1) is 12.2 Å². The molecule has 1 amide bonds. The lowest BCUT2D eigenvalue weighted by Gasteiger charge is -2.17. The summed E-state index contributed by atoms with van der Waals surface area (Å²) in [5, 5.41) is 11.1. The average Bonchev–Trinajstić information content (AvgIpc) is 3.21. The lowest BCUT2D eigenvalue weighted by molar-refractivity contribution is -0.526. The Morgan fingerprint density at radius 3 is 2.73 bits per heavy atom. The number of carbonyl (C=O) groups excluding carboxylic acids is 1. The fraction of sp³-hybridized carbons (Fsp3) is 0.607. The molecule has 3 aliphatic rings. The molecule has 0 aromatic carbocycles. The van der Waals surface area contributed by atoms with Crippen molar-refractivity contribution in [2.45, 2.75) is 77.0 Å². The molecule has 1 aliphatic carbocycles. The zero-order chi connectivity index (χ0) is 29.4. The maximum absolute atomic E-state index is 13.1. The van der Waals surface area contributed by atoms with Gasteiger partial charge in [-0.2, -0.15) is 0 Å². The number of halogens is 1. The minimum atomic E-state index is -4.09. The molecule has 0 spiro atoms. The van der Waals surface area contributed by atoms with Gasteiger partial charge in [-0.25, -0.2) is 22.8 Å². The number of sulfonamides is 1. The highest BCUT2D eigenvalue weighted by molar-refractivity contribution is 7.92. The second kappa shape index (κ2) is 11.4. The molecule has 1 saturated heterocycles. The standard InChI is InChI=1S/C28H38ClN7O4S/c1-19-22(18-35(32-19)13-5-6-20-16-27(2,3)30-17-20)41(38,39)34-26(37)21-7-8-23(31-25(21)29)36-14-9-24(33-36)40-15-12-28(4)10-11-28/h7-9,14,18,20,22,30H,5-6,10-13,15-17H2,1-4H3/p+1. The third-order valence-corrected chi connectivity index (χ3v) is 10.1. The van der Waals surface area contributed by atoms with Gasteiger partial charge in [-0.05, 0) is 88.0 Å². The van der Waals surface area contributed by atoms with Gasteiger partial charge in [-0.15, -0.1) is 5.10 Å². The van der Waals surface area contributed by atoms with Gasteiger partial charge < -0.3 is 10.1 Å². The molecule has 0 radical (unpaired) electrons. The van der Waals surface area contributed by atoms with Crippen LogP contribution < -0.4 is 14.8 Å². The molecule has 2 N–H and O–H groups in total. The molecule has 41 heavy (non-hydrogen) atoms. The molecule has 5 rings (SSSR count). The third-order valence-electron chi connectivity index (χ3n) is 8.18. The molecule has 11 nitrogen and oxygen atoms in total. The number of aromatic nitrogens is 3. The number of pyridine rings is 1. The van der Waals surface area contributed by atoms with Gasteiger partial charge in [-0.3, -0.25) is 4.79 Å². The Kier molecular flexibility index (Phi) is 8.28. The summed E-state index contributed by atoms with van der Waals surface area (Å²) in [5.74, 6) is 0.588. The van der Waals surface area contributed by atoms with E-state index < -0.39 is 21.2 Å². The smallest absolute Gasteiger partial charge is 0.267 e. The predicted molar refractivity (Wildman–Crippen MR) is 158 cm³/mol. The number of amides is 1. The van der Waals surface area contributed by atoms with Crippen LogP contribution in [-0.2, 0) is 10.0 Å². The van der Waals surface area contributed by atoms with E-state index in [1.165, 1.54) is 23.6 Å². The fourth-order valence-corrected chi connectivity index (χ4v) is 6.89. The van der Waals surface area contributed by atoms with Gasteiger partial charge in [0.15, 0.2) is 18.6 Å². The number of hydrazone groups is 1. The van der Waals surface area contributed by atoms with Gasteiger partial charge in [-0.1, -0.05) is 23.2 Å². The molecule has 0 bridgehead atoms. The summed E-state index contributed by atoms with van der Waals surface area (Å²) in [6.45, 7) is 10.5. The van der Waals surface area contributed by atoms with Gasteiger partial charge in [0, 0.05) is 24.2 Å². The zero-order valence-electron chi connectivity index (χ0n) is 24.1. The second-order valence-corrected chi connectivity index (χ2v) is 14.6. The number of rotatable bonds is 12. The van der Waals surface area contributed by atoms with E-state index in [0.29, 0.717) is 41.9 Å². The second-order valence-electron chi connectivity index (χ2n) is 12.4. The van der Waals surface area contributed by atoms with Crippen molar-refractivity contribution in [3.8, 4) is 11.7 Å². The molecule has 2 aromatic heterocycles. The van der Waals surface area contributed by atoms with Crippen LogP contribution in [0.4, 0.5) is 0 Å². The summed E-state index contributed by atoms with van der Waals surface area (Å²) in [5.41, 5.74) is 0.905. The van der Waals surface area contributed by atoms with Gasteiger partial charge >= 0.3 is 0 Å². The fourth-order valence-electron chi connectivity index (χ4n) is 5.37. The number of carbonyl (C=O) groups is 1. The quantitative estimate of drug-likeness (QED) is 0.280. The predicted octanol–water partition coefficient (Wildman–Crippen LogP) is 3.56. The van der Waals surface area contributed by atoms with E-state index >= 15 is 0 Å². The van der Waals surface area contributed by atoms with Crippen LogP contribution in [0, 0.1) is 11.3 Å². The van der Waals surface area contributed by atoms with Gasteiger partial charge in [0.25, 0.3) is 15.9 Å². The van der Waals surface area contributed by atoms with Crippen LogP contribution in [0.2, 0.25) is 5.15 Å². The van der Waals surface area contributed by atoms with E-state index in [9.17, 15) is 13.2 Å². The van der Waals surface area contributed by atoms with Crippen molar-refractivity contribution in [1.29, 1.82) is 0 Å². The summed E-state index contributed by atoms with van der Waals surface area (Å²) >= 11 is 6.31. The highest BCUT2D eigenvalue weighted by atomic mass is 35.5. The molecule has 13 heteroatoms. The first-order valence-electron chi connectivity index (χ1n) is 14.2. The number of hydrogen-bond donors (Lipinski definition) is 2. The van der Waals surface area contributed by atoms with E-state index in [1.807, 2.05) is 0 Å². The Morgan fingerprint density at radius 1 is 1.27 bits per heavy atom. The Bertz CT molecular complexity index is 1480. The molecule has 4 heterocycles. The third kappa shape index (κ3) is 7.34. The van der Waals surface area contributed by atoms with Crippen molar-refractivity contribution < 1.29 is 22.6 Å². The van der Waals surface area contributed by atoms with E-state index in [4.69, 9.17) is 16.3 Å². The van der Waals surface area contributed by atoms with Crippen LogP contribution >= 0.6 is 11.6 Å². The summed E-state index contributed by atoms with van der Waals surface area (Å²) in [6.07, 6.45) is 9.74. The average molecular weight is 605 g/mol. The molecule has 2 fully saturated rings. The maximum Gasteiger partial charge on any atom is 0.267 e. The van der Waals surface area contributed by atoms with Crippen LogP contribution in [0.5, 0.6) is 5.88 Å². The molecule has 1 saturated carbocycles. The first kappa shape index (κ1) is 29.7. The zero-order valence-corrected chi connectivity index (χ0v) is 25.6. The van der Waals surface area contributed by atoms with Crippen LogP contribution in [0.15, 0.2) is 29.5 Å². The first-order valence-corrected chi connectivity index (χ1v) is 16.1.